The van der Waals surface area contributed by atoms with E-state index in [-0.39, 0.29) is 5.41 Å². The fraction of sp³-hybridized carbons (Fsp3) is 0.933. The molecule has 2 saturated heterocycles. The van der Waals surface area contributed by atoms with Crippen molar-refractivity contribution in [2.24, 2.45) is 10.4 Å². The van der Waals surface area contributed by atoms with Gasteiger partial charge in [-0.2, -0.15) is 0 Å². The highest BCUT2D eigenvalue weighted by Crippen LogP contribution is 2.26. The second-order valence-electron chi connectivity index (χ2n) is 6.30. The Balaban J connectivity index is 1.80. The van der Waals surface area contributed by atoms with Gasteiger partial charge >= 0.3 is 0 Å². The maximum Gasteiger partial charge on any atom is 0.191 e. The van der Waals surface area contributed by atoms with E-state index in [1.54, 1.807) is 0 Å². The van der Waals surface area contributed by atoms with E-state index >= 15 is 0 Å². The molecule has 1 unspecified atom stereocenters. The summed E-state index contributed by atoms with van der Waals surface area (Å²) in [6.07, 6.45) is 2.62. The van der Waals surface area contributed by atoms with Gasteiger partial charge in [0.2, 0.25) is 0 Å². The summed E-state index contributed by atoms with van der Waals surface area (Å²) in [6, 6.07) is 0.659. The highest BCUT2D eigenvalue weighted by Gasteiger charge is 2.33. The van der Waals surface area contributed by atoms with Crippen LogP contribution in [0.15, 0.2) is 4.99 Å². The van der Waals surface area contributed by atoms with E-state index in [0.29, 0.717) is 6.04 Å². The first-order valence-corrected chi connectivity index (χ1v) is 8.01. The van der Waals surface area contributed by atoms with Crippen molar-refractivity contribution in [3.05, 3.63) is 0 Å². The Morgan fingerprint density at radius 1 is 1.35 bits per heavy atom. The van der Waals surface area contributed by atoms with Crippen LogP contribution in [-0.2, 0) is 4.74 Å². The first-order chi connectivity index (χ1) is 9.67. The van der Waals surface area contributed by atoms with Crippen LogP contribution in [0.25, 0.3) is 0 Å². The molecule has 0 bridgehead atoms. The van der Waals surface area contributed by atoms with Gasteiger partial charge in [-0.1, -0.05) is 13.8 Å². The van der Waals surface area contributed by atoms with Gasteiger partial charge in [0, 0.05) is 24.5 Å². The number of aliphatic imine (C=N–C) groups is 1. The van der Waals surface area contributed by atoms with Crippen LogP contribution in [-0.4, -0.2) is 62.8 Å². The molecule has 1 atom stereocenters. The molecule has 2 aliphatic heterocycles. The van der Waals surface area contributed by atoms with Crippen LogP contribution in [0.1, 0.15) is 33.6 Å². The number of nitrogens with zero attached hydrogens (tertiary/aromatic N) is 2. The number of hydrogen-bond acceptors (Lipinski definition) is 3. The van der Waals surface area contributed by atoms with Crippen molar-refractivity contribution in [2.75, 3.05) is 45.9 Å². The second-order valence-corrected chi connectivity index (χ2v) is 6.30. The SMILES string of the molecule is CCNC(=NCC1(C)COC1)NCC1CCCN1CC. The normalized spacial score (nSPS) is 26.4. The average Bonchev–Trinajstić information content (AvgIpc) is 2.87. The lowest BCUT2D eigenvalue weighted by molar-refractivity contribution is -0.0945. The highest BCUT2D eigenvalue weighted by atomic mass is 16.5. The summed E-state index contributed by atoms with van der Waals surface area (Å²) < 4.78 is 5.28. The van der Waals surface area contributed by atoms with E-state index in [4.69, 9.17) is 9.73 Å². The Morgan fingerprint density at radius 3 is 2.75 bits per heavy atom. The molecule has 2 heterocycles. The minimum Gasteiger partial charge on any atom is -0.380 e. The first-order valence-electron chi connectivity index (χ1n) is 8.01. The van der Waals surface area contributed by atoms with Gasteiger partial charge in [0.25, 0.3) is 0 Å². The average molecular weight is 282 g/mol. The molecule has 0 amide bonds. The molecular formula is C15H30N4O. The van der Waals surface area contributed by atoms with E-state index in [1.165, 1.54) is 19.4 Å². The molecule has 0 aromatic rings. The Labute approximate surface area is 123 Å². The Hall–Kier alpha value is -0.810. The van der Waals surface area contributed by atoms with Crippen molar-refractivity contribution >= 4 is 5.96 Å². The summed E-state index contributed by atoms with van der Waals surface area (Å²) in [5.41, 5.74) is 0.241. The van der Waals surface area contributed by atoms with Crippen LogP contribution in [0.4, 0.5) is 0 Å². The number of likely N-dealkylation sites (N-methyl/N-ethyl adjacent to an activating group) is 1. The summed E-state index contributed by atoms with van der Waals surface area (Å²) in [6.45, 7) is 13.4. The Bertz CT molecular complexity index is 328. The standard InChI is InChI=1S/C15H30N4O/c1-4-16-14(18-10-15(3)11-20-12-15)17-9-13-7-6-8-19(13)5-2/h13H,4-12H2,1-3H3,(H2,16,17,18). The lowest BCUT2D eigenvalue weighted by Gasteiger charge is -2.36. The molecule has 5 heteroatoms. The lowest BCUT2D eigenvalue weighted by atomic mass is 9.89. The molecular weight excluding hydrogens is 252 g/mol. The predicted octanol–water partition coefficient (Wildman–Crippen LogP) is 1.06. The third kappa shape index (κ3) is 4.09. The molecule has 0 spiro atoms. The van der Waals surface area contributed by atoms with E-state index < -0.39 is 0 Å². The monoisotopic (exact) mass is 282 g/mol. The maximum absolute atomic E-state index is 5.28. The summed E-state index contributed by atoms with van der Waals surface area (Å²) in [5.74, 6) is 0.948. The van der Waals surface area contributed by atoms with Crippen molar-refractivity contribution in [2.45, 2.75) is 39.7 Å². The largest absolute Gasteiger partial charge is 0.380 e. The van der Waals surface area contributed by atoms with Crippen molar-refractivity contribution in [3.8, 4) is 0 Å². The number of hydrogen-bond donors (Lipinski definition) is 2. The third-order valence-electron chi connectivity index (χ3n) is 4.27. The summed E-state index contributed by atoms with van der Waals surface area (Å²) in [7, 11) is 0. The second kappa shape index (κ2) is 7.27. The fourth-order valence-electron chi connectivity index (χ4n) is 2.91. The number of guanidine groups is 1. The van der Waals surface area contributed by atoms with Crippen molar-refractivity contribution in [1.29, 1.82) is 0 Å². The zero-order valence-corrected chi connectivity index (χ0v) is 13.2. The molecule has 0 aliphatic carbocycles. The minimum absolute atomic E-state index is 0.241. The molecule has 5 nitrogen and oxygen atoms in total. The third-order valence-corrected chi connectivity index (χ3v) is 4.27. The Morgan fingerprint density at radius 2 is 2.15 bits per heavy atom. The molecule has 0 aromatic heterocycles. The van der Waals surface area contributed by atoms with Gasteiger partial charge in [-0.25, -0.2) is 0 Å². The molecule has 20 heavy (non-hydrogen) atoms. The molecule has 2 N–H and O–H groups in total. The summed E-state index contributed by atoms with van der Waals surface area (Å²) >= 11 is 0. The van der Waals surface area contributed by atoms with Crippen molar-refractivity contribution in [3.63, 3.8) is 0 Å². The van der Waals surface area contributed by atoms with Gasteiger partial charge < -0.3 is 15.4 Å². The molecule has 0 saturated carbocycles. The maximum atomic E-state index is 5.28. The van der Waals surface area contributed by atoms with Gasteiger partial charge in [-0.15, -0.1) is 0 Å². The van der Waals surface area contributed by atoms with Gasteiger partial charge in [0.05, 0.1) is 19.8 Å². The smallest absolute Gasteiger partial charge is 0.191 e. The lowest BCUT2D eigenvalue weighted by Crippen LogP contribution is -2.47. The van der Waals surface area contributed by atoms with Crippen LogP contribution in [0.5, 0.6) is 0 Å². The number of likely N-dealkylation sites (tertiary alicyclic amines) is 1. The molecule has 2 aliphatic rings. The zero-order valence-electron chi connectivity index (χ0n) is 13.2. The van der Waals surface area contributed by atoms with Crippen molar-refractivity contribution < 1.29 is 4.74 Å². The number of rotatable bonds is 6. The van der Waals surface area contributed by atoms with Crippen LogP contribution in [0.3, 0.4) is 0 Å². The van der Waals surface area contributed by atoms with E-state index in [0.717, 1.165) is 45.4 Å². The Kier molecular flexibility index (Phi) is 5.66. The zero-order chi connectivity index (χ0) is 14.4. The molecule has 0 radical (unpaired) electrons. The van der Waals surface area contributed by atoms with Crippen molar-refractivity contribution in [1.82, 2.24) is 15.5 Å². The number of nitrogens with one attached hydrogen (secondary N) is 2. The predicted molar refractivity (Wildman–Crippen MR) is 83.2 cm³/mol. The van der Waals surface area contributed by atoms with Gasteiger partial charge in [0.15, 0.2) is 5.96 Å². The van der Waals surface area contributed by atoms with Gasteiger partial charge in [-0.05, 0) is 32.9 Å². The topological polar surface area (TPSA) is 48.9 Å². The number of ether oxygens (including phenoxy) is 1. The highest BCUT2D eigenvalue weighted by molar-refractivity contribution is 5.79. The molecule has 2 fully saturated rings. The quantitative estimate of drug-likeness (QED) is 0.565. The van der Waals surface area contributed by atoms with Crippen LogP contribution < -0.4 is 10.6 Å². The van der Waals surface area contributed by atoms with E-state index in [2.05, 4.69) is 36.3 Å². The van der Waals surface area contributed by atoms with E-state index in [9.17, 15) is 0 Å². The first kappa shape index (κ1) is 15.6. The minimum atomic E-state index is 0.241. The fourth-order valence-corrected chi connectivity index (χ4v) is 2.91. The molecule has 0 aromatic carbocycles. The summed E-state index contributed by atoms with van der Waals surface area (Å²) in [4.78, 5) is 7.27. The van der Waals surface area contributed by atoms with Gasteiger partial charge in [0.1, 0.15) is 0 Å². The van der Waals surface area contributed by atoms with Gasteiger partial charge in [-0.3, -0.25) is 9.89 Å². The van der Waals surface area contributed by atoms with E-state index in [1.807, 2.05) is 0 Å². The van der Waals surface area contributed by atoms with Crippen LogP contribution in [0.2, 0.25) is 0 Å². The van der Waals surface area contributed by atoms with Crippen LogP contribution in [0, 0.1) is 5.41 Å². The molecule has 2 rings (SSSR count). The van der Waals surface area contributed by atoms with Crippen LogP contribution >= 0.6 is 0 Å². The molecule has 116 valence electrons. The summed E-state index contributed by atoms with van der Waals surface area (Å²) in [5, 5.41) is 6.84.